The van der Waals surface area contributed by atoms with Crippen molar-refractivity contribution in [2.24, 2.45) is 5.92 Å². The lowest BCUT2D eigenvalue weighted by Gasteiger charge is -2.25. The van der Waals surface area contributed by atoms with Crippen molar-refractivity contribution >= 4 is 21.7 Å². The van der Waals surface area contributed by atoms with Gasteiger partial charge in [0.2, 0.25) is 0 Å². The molecule has 16 heavy (non-hydrogen) atoms. The van der Waals surface area contributed by atoms with Gasteiger partial charge in [-0.3, -0.25) is 9.48 Å². The maximum Gasteiger partial charge on any atom is 0.187 e. The number of rotatable bonds is 5. The minimum Gasteiger partial charge on any atom is -0.383 e. The average Bonchev–Trinajstić information content (AvgIpc) is 2.54. The maximum atomic E-state index is 12.1. The van der Waals surface area contributed by atoms with Gasteiger partial charge in [0.25, 0.3) is 0 Å². The summed E-state index contributed by atoms with van der Waals surface area (Å²) < 4.78 is 7.46. The highest BCUT2D eigenvalue weighted by Gasteiger charge is 2.29. The van der Waals surface area contributed by atoms with Gasteiger partial charge in [-0.25, -0.2) is 0 Å². The van der Waals surface area contributed by atoms with Crippen molar-refractivity contribution in [1.82, 2.24) is 15.1 Å². The first kappa shape index (κ1) is 11.8. The number of methoxy groups -OCH3 is 1. The molecule has 0 radical (unpaired) electrons. The van der Waals surface area contributed by atoms with Crippen LogP contribution in [0.2, 0.25) is 0 Å². The summed E-state index contributed by atoms with van der Waals surface area (Å²) in [5.74, 6) is 0.244. The second kappa shape index (κ2) is 5.07. The largest absolute Gasteiger partial charge is 0.383 e. The number of hydrogen-bond acceptors (Lipinski definition) is 4. The van der Waals surface area contributed by atoms with Crippen LogP contribution in [0.15, 0.2) is 10.7 Å². The average molecular weight is 288 g/mol. The first-order chi connectivity index (χ1) is 7.74. The van der Waals surface area contributed by atoms with E-state index in [4.69, 9.17) is 4.74 Å². The fraction of sp³-hybridized carbons (Fsp3) is 0.600. The lowest BCUT2D eigenvalue weighted by Crippen LogP contribution is -2.47. The summed E-state index contributed by atoms with van der Waals surface area (Å²) in [4.78, 5) is 12.1. The normalized spacial score (nSPS) is 16.1. The SMILES string of the molecule is COCCn1ncc(Br)c1C(=O)C1CNC1. The highest BCUT2D eigenvalue weighted by atomic mass is 79.9. The second-order valence-corrected chi connectivity index (χ2v) is 4.63. The number of halogens is 1. The van der Waals surface area contributed by atoms with Crippen LogP contribution in [0.25, 0.3) is 0 Å². The number of Topliss-reactive ketones (excluding diaryl/α,β-unsaturated/α-hetero) is 1. The molecule has 1 aliphatic heterocycles. The van der Waals surface area contributed by atoms with E-state index < -0.39 is 0 Å². The third-order valence-electron chi connectivity index (χ3n) is 2.69. The molecule has 6 heteroatoms. The molecule has 1 aliphatic rings. The van der Waals surface area contributed by atoms with Gasteiger partial charge in [-0.2, -0.15) is 5.10 Å². The summed E-state index contributed by atoms with van der Waals surface area (Å²) in [6.45, 7) is 2.68. The van der Waals surface area contributed by atoms with E-state index in [1.807, 2.05) is 0 Å². The van der Waals surface area contributed by atoms with Gasteiger partial charge in [-0.05, 0) is 15.9 Å². The highest BCUT2D eigenvalue weighted by Crippen LogP contribution is 2.21. The highest BCUT2D eigenvalue weighted by molar-refractivity contribution is 9.10. The first-order valence-corrected chi connectivity index (χ1v) is 5.98. The molecule has 1 N–H and O–H groups in total. The zero-order chi connectivity index (χ0) is 11.5. The molecule has 0 saturated carbocycles. The van der Waals surface area contributed by atoms with Gasteiger partial charge in [0.15, 0.2) is 5.78 Å². The van der Waals surface area contributed by atoms with E-state index in [9.17, 15) is 4.79 Å². The Morgan fingerprint density at radius 2 is 2.50 bits per heavy atom. The van der Waals surface area contributed by atoms with Crippen LogP contribution in [0.3, 0.4) is 0 Å². The molecule has 0 unspecified atom stereocenters. The monoisotopic (exact) mass is 287 g/mol. The number of nitrogens with one attached hydrogen (secondary N) is 1. The second-order valence-electron chi connectivity index (χ2n) is 3.78. The van der Waals surface area contributed by atoms with Gasteiger partial charge in [0, 0.05) is 26.1 Å². The Kier molecular flexibility index (Phi) is 3.73. The predicted octanol–water partition coefficient (Wildman–Crippen LogP) is 0.694. The molecular weight excluding hydrogens is 274 g/mol. The molecule has 0 atom stereocenters. The van der Waals surface area contributed by atoms with Crippen LogP contribution < -0.4 is 5.32 Å². The van der Waals surface area contributed by atoms with Crippen molar-refractivity contribution in [2.45, 2.75) is 6.54 Å². The smallest absolute Gasteiger partial charge is 0.187 e. The number of ketones is 1. The molecule has 0 aromatic carbocycles. The molecule has 1 aromatic heterocycles. The molecule has 0 amide bonds. The van der Waals surface area contributed by atoms with Gasteiger partial charge < -0.3 is 10.1 Å². The van der Waals surface area contributed by atoms with Gasteiger partial charge in [-0.1, -0.05) is 0 Å². The summed E-state index contributed by atoms with van der Waals surface area (Å²) in [5.41, 5.74) is 0.656. The summed E-state index contributed by atoms with van der Waals surface area (Å²) in [6, 6.07) is 0. The Morgan fingerprint density at radius 3 is 3.06 bits per heavy atom. The fourth-order valence-corrected chi connectivity index (χ4v) is 2.11. The molecule has 2 rings (SSSR count). The molecule has 88 valence electrons. The van der Waals surface area contributed by atoms with E-state index >= 15 is 0 Å². The van der Waals surface area contributed by atoms with E-state index in [1.54, 1.807) is 18.0 Å². The summed E-state index contributed by atoms with van der Waals surface area (Å²) in [6.07, 6.45) is 1.66. The number of nitrogens with zero attached hydrogens (tertiary/aromatic N) is 2. The molecule has 1 saturated heterocycles. The molecule has 0 spiro atoms. The van der Waals surface area contributed by atoms with Crippen molar-refractivity contribution < 1.29 is 9.53 Å². The maximum absolute atomic E-state index is 12.1. The number of aromatic nitrogens is 2. The van der Waals surface area contributed by atoms with E-state index in [0.29, 0.717) is 18.8 Å². The molecule has 0 bridgehead atoms. The predicted molar refractivity (Wildman–Crippen MR) is 62.5 cm³/mol. The van der Waals surface area contributed by atoms with Crippen molar-refractivity contribution in [3.05, 3.63) is 16.4 Å². The Bertz CT molecular complexity index is 387. The Balaban J connectivity index is 2.16. The third-order valence-corrected chi connectivity index (χ3v) is 3.27. The molecule has 2 heterocycles. The van der Waals surface area contributed by atoms with Crippen molar-refractivity contribution in [2.75, 3.05) is 26.8 Å². The minimum absolute atomic E-state index is 0.0919. The Morgan fingerprint density at radius 1 is 1.75 bits per heavy atom. The minimum atomic E-state index is 0.0919. The quantitative estimate of drug-likeness (QED) is 0.810. The lowest BCUT2D eigenvalue weighted by atomic mass is 9.96. The Labute approximate surface area is 102 Å². The number of carbonyl (C=O) groups is 1. The van der Waals surface area contributed by atoms with Crippen LogP contribution in [-0.2, 0) is 11.3 Å². The third kappa shape index (κ3) is 2.18. The topological polar surface area (TPSA) is 56.2 Å². The first-order valence-electron chi connectivity index (χ1n) is 5.19. The molecular formula is C10H14BrN3O2. The van der Waals surface area contributed by atoms with Crippen LogP contribution in [-0.4, -0.2) is 42.4 Å². The van der Waals surface area contributed by atoms with E-state index in [-0.39, 0.29) is 11.7 Å². The van der Waals surface area contributed by atoms with Crippen LogP contribution in [0.4, 0.5) is 0 Å². The van der Waals surface area contributed by atoms with E-state index in [0.717, 1.165) is 17.6 Å². The van der Waals surface area contributed by atoms with Gasteiger partial charge >= 0.3 is 0 Å². The molecule has 0 aliphatic carbocycles. The molecule has 1 aromatic rings. The fourth-order valence-electron chi connectivity index (χ4n) is 1.62. The lowest BCUT2D eigenvalue weighted by molar-refractivity contribution is 0.0862. The number of hydrogen-bond donors (Lipinski definition) is 1. The van der Waals surface area contributed by atoms with Gasteiger partial charge in [0.1, 0.15) is 5.69 Å². The van der Waals surface area contributed by atoms with E-state index in [1.165, 1.54) is 0 Å². The molecule has 1 fully saturated rings. The van der Waals surface area contributed by atoms with Crippen molar-refractivity contribution in [1.29, 1.82) is 0 Å². The number of carbonyl (C=O) groups excluding carboxylic acids is 1. The molecule has 5 nitrogen and oxygen atoms in total. The van der Waals surface area contributed by atoms with E-state index in [2.05, 4.69) is 26.3 Å². The van der Waals surface area contributed by atoms with Crippen LogP contribution >= 0.6 is 15.9 Å². The Hall–Kier alpha value is -0.720. The van der Waals surface area contributed by atoms with Crippen LogP contribution in [0.5, 0.6) is 0 Å². The zero-order valence-corrected chi connectivity index (χ0v) is 10.7. The van der Waals surface area contributed by atoms with Crippen molar-refractivity contribution in [3.63, 3.8) is 0 Å². The van der Waals surface area contributed by atoms with Gasteiger partial charge in [0.05, 0.1) is 23.8 Å². The van der Waals surface area contributed by atoms with Crippen molar-refractivity contribution in [3.8, 4) is 0 Å². The standard InChI is InChI=1S/C10H14BrN3O2/c1-16-3-2-14-9(8(11)6-13-14)10(15)7-4-12-5-7/h6-7,12H,2-5H2,1H3. The summed E-state index contributed by atoms with van der Waals surface area (Å²) in [7, 11) is 1.63. The summed E-state index contributed by atoms with van der Waals surface area (Å²) >= 11 is 3.37. The number of ether oxygens (including phenoxy) is 1. The summed E-state index contributed by atoms with van der Waals surface area (Å²) in [5, 5.41) is 7.26. The van der Waals surface area contributed by atoms with Crippen LogP contribution in [0, 0.1) is 5.92 Å². The van der Waals surface area contributed by atoms with Crippen LogP contribution in [0.1, 0.15) is 10.5 Å². The zero-order valence-electron chi connectivity index (χ0n) is 9.07. The van der Waals surface area contributed by atoms with Gasteiger partial charge in [-0.15, -0.1) is 0 Å².